The van der Waals surface area contributed by atoms with Crippen LogP contribution in [0.1, 0.15) is 28.9 Å². The predicted molar refractivity (Wildman–Crippen MR) is 78.5 cm³/mol. The fourth-order valence-corrected chi connectivity index (χ4v) is 2.01. The number of benzene rings is 1. The highest BCUT2D eigenvalue weighted by Crippen LogP contribution is 2.39. The Morgan fingerprint density at radius 2 is 2.00 bits per heavy atom. The second-order valence-corrected chi connectivity index (χ2v) is 4.88. The van der Waals surface area contributed by atoms with Gasteiger partial charge in [0.2, 0.25) is 0 Å². The Balaban J connectivity index is 0.00000441. The monoisotopic (exact) mass is 403 g/mol. The molecule has 1 aromatic rings. The van der Waals surface area contributed by atoms with E-state index in [4.69, 9.17) is 10.8 Å². The van der Waals surface area contributed by atoms with Crippen LogP contribution in [-0.2, 0) is 9.53 Å². The molecule has 0 aliphatic carbocycles. The number of carbonyl (C=O) groups excluding carboxylic acids is 1. The molecule has 0 spiro atoms. The van der Waals surface area contributed by atoms with E-state index >= 15 is 0 Å². The third-order valence-corrected chi connectivity index (χ3v) is 3.22. The van der Waals surface area contributed by atoms with Crippen LogP contribution in [0.5, 0.6) is 5.75 Å². The summed E-state index contributed by atoms with van der Waals surface area (Å²) in [5.74, 6) is -8.04. The van der Waals surface area contributed by atoms with Gasteiger partial charge in [-0.15, -0.1) is 12.4 Å². The van der Waals surface area contributed by atoms with Gasteiger partial charge in [-0.05, 0) is 35.0 Å². The van der Waals surface area contributed by atoms with Gasteiger partial charge in [-0.2, -0.15) is 8.78 Å². The summed E-state index contributed by atoms with van der Waals surface area (Å²) in [5.41, 5.74) is 4.36. The zero-order chi connectivity index (χ0) is 16.4. The van der Waals surface area contributed by atoms with E-state index < -0.39 is 35.2 Å². The average Bonchev–Trinajstić information content (AvgIpc) is 2.40. The van der Waals surface area contributed by atoms with E-state index in [0.29, 0.717) is 0 Å². The Labute approximate surface area is 138 Å². The van der Waals surface area contributed by atoms with Crippen molar-refractivity contribution in [1.29, 1.82) is 0 Å². The van der Waals surface area contributed by atoms with Crippen molar-refractivity contribution >= 4 is 40.3 Å². The van der Waals surface area contributed by atoms with Gasteiger partial charge in [0.15, 0.2) is 0 Å². The summed E-state index contributed by atoms with van der Waals surface area (Å²) in [7, 11) is 0. The zero-order valence-corrected chi connectivity index (χ0v) is 13.6. The molecule has 1 aromatic carbocycles. The van der Waals surface area contributed by atoms with E-state index in [0.717, 1.165) is 12.1 Å². The van der Waals surface area contributed by atoms with Gasteiger partial charge < -0.3 is 20.7 Å². The molecule has 1 atom stereocenters. The Bertz CT molecular complexity index is 585. The first-order valence-electron chi connectivity index (χ1n) is 5.69. The molecule has 0 amide bonds. The lowest BCUT2D eigenvalue weighted by molar-refractivity contribution is -0.174. The van der Waals surface area contributed by atoms with Gasteiger partial charge in [0.05, 0.1) is 16.6 Å². The van der Waals surface area contributed by atoms with Crippen molar-refractivity contribution in [1.82, 2.24) is 0 Å². The molecule has 0 saturated heterocycles. The lowest BCUT2D eigenvalue weighted by Crippen LogP contribution is -2.41. The van der Waals surface area contributed by atoms with Crippen molar-refractivity contribution in [2.45, 2.75) is 18.9 Å². The number of aromatic hydroxyl groups is 1. The van der Waals surface area contributed by atoms with Crippen molar-refractivity contribution in [2.24, 2.45) is 5.73 Å². The molecule has 124 valence electrons. The molecule has 0 unspecified atom stereocenters. The lowest BCUT2D eigenvalue weighted by atomic mass is 9.98. The number of carboxylic acids is 1. The number of carbonyl (C=O) groups is 2. The first-order valence-corrected chi connectivity index (χ1v) is 6.48. The van der Waals surface area contributed by atoms with Crippen molar-refractivity contribution in [3.05, 3.63) is 27.7 Å². The minimum Gasteiger partial charge on any atom is -0.506 e. The summed E-state index contributed by atoms with van der Waals surface area (Å²) in [6.07, 6.45) is 0. The largest absolute Gasteiger partial charge is 0.506 e. The van der Waals surface area contributed by atoms with Gasteiger partial charge in [-0.25, -0.2) is 9.59 Å². The number of phenols is 1. The van der Waals surface area contributed by atoms with E-state index in [1.54, 1.807) is 0 Å². The maximum atomic E-state index is 13.9. The summed E-state index contributed by atoms with van der Waals surface area (Å²) < 4.78 is 31.8. The summed E-state index contributed by atoms with van der Waals surface area (Å²) in [6, 6.07) is -0.455. The highest BCUT2D eigenvalue weighted by atomic mass is 79.9. The van der Waals surface area contributed by atoms with E-state index in [2.05, 4.69) is 20.7 Å². The number of aromatic carboxylic acids is 1. The number of halogens is 4. The van der Waals surface area contributed by atoms with Crippen molar-refractivity contribution in [2.75, 3.05) is 6.61 Å². The van der Waals surface area contributed by atoms with Crippen LogP contribution >= 0.6 is 28.3 Å². The Morgan fingerprint density at radius 1 is 1.45 bits per heavy atom. The summed E-state index contributed by atoms with van der Waals surface area (Å²) in [4.78, 5) is 22.1. The fraction of sp³-hybridized carbons (Fsp3) is 0.333. The fourth-order valence-electron chi connectivity index (χ4n) is 1.53. The second kappa shape index (κ2) is 7.70. The third-order valence-electron chi connectivity index (χ3n) is 2.61. The highest BCUT2D eigenvalue weighted by Gasteiger charge is 2.49. The highest BCUT2D eigenvalue weighted by molar-refractivity contribution is 9.10. The molecule has 6 nitrogen and oxygen atoms in total. The van der Waals surface area contributed by atoms with E-state index in [1.807, 2.05) is 0 Å². The number of ether oxygens (including phenoxy) is 1. The van der Waals surface area contributed by atoms with E-state index in [-0.39, 0.29) is 29.1 Å². The van der Waals surface area contributed by atoms with Gasteiger partial charge in [0.25, 0.3) is 0 Å². The first-order chi connectivity index (χ1) is 9.62. The zero-order valence-electron chi connectivity index (χ0n) is 11.2. The van der Waals surface area contributed by atoms with Crippen molar-refractivity contribution < 1.29 is 33.3 Å². The molecule has 0 aliphatic heterocycles. The minimum absolute atomic E-state index is 0. The molecule has 0 fully saturated rings. The van der Waals surface area contributed by atoms with Crippen LogP contribution in [0.4, 0.5) is 8.78 Å². The average molecular weight is 405 g/mol. The molecule has 0 radical (unpaired) electrons. The molecule has 0 bridgehead atoms. The van der Waals surface area contributed by atoms with Gasteiger partial charge in [-0.1, -0.05) is 0 Å². The topological polar surface area (TPSA) is 110 Å². The number of hydrogen-bond acceptors (Lipinski definition) is 5. The van der Waals surface area contributed by atoms with Crippen LogP contribution in [0, 0.1) is 0 Å². The van der Waals surface area contributed by atoms with Gasteiger partial charge in [0.1, 0.15) is 11.8 Å². The molecule has 1 rings (SSSR count). The van der Waals surface area contributed by atoms with Gasteiger partial charge in [0, 0.05) is 5.56 Å². The number of carboxylic acid groups (broad SMARTS) is 1. The van der Waals surface area contributed by atoms with Crippen LogP contribution < -0.4 is 5.73 Å². The van der Waals surface area contributed by atoms with Gasteiger partial charge >= 0.3 is 17.9 Å². The quantitative estimate of drug-likeness (QED) is 0.650. The van der Waals surface area contributed by atoms with Crippen LogP contribution in [0.2, 0.25) is 0 Å². The first kappa shape index (κ1) is 20.6. The lowest BCUT2D eigenvalue weighted by Gasteiger charge is -2.23. The number of rotatable bonds is 5. The molecule has 22 heavy (non-hydrogen) atoms. The summed E-state index contributed by atoms with van der Waals surface area (Å²) in [5, 5.41) is 18.6. The van der Waals surface area contributed by atoms with Crippen LogP contribution in [-0.4, -0.2) is 34.7 Å². The minimum atomic E-state index is -4.12. The molecule has 0 saturated carbocycles. The van der Waals surface area contributed by atoms with Crippen molar-refractivity contribution in [3.8, 4) is 5.75 Å². The molecule has 0 aliphatic rings. The van der Waals surface area contributed by atoms with Crippen molar-refractivity contribution in [3.63, 3.8) is 0 Å². The third kappa shape index (κ3) is 4.05. The van der Waals surface area contributed by atoms with E-state index in [9.17, 15) is 23.5 Å². The van der Waals surface area contributed by atoms with Crippen LogP contribution in [0.15, 0.2) is 16.6 Å². The Hall–Kier alpha value is -1.45. The number of nitrogens with two attached hydrogens (primary N) is 1. The Kier molecular flexibility index (Phi) is 7.20. The number of hydrogen-bond donors (Lipinski definition) is 3. The number of phenolic OH excluding ortho intramolecular Hbond substituents is 1. The molecule has 4 N–H and O–H groups in total. The molecule has 10 heteroatoms. The second-order valence-electron chi connectivity index (χ2n) is 4.02. The number of esters is 1. The molecule has 0 heterocycles. The maximum absolute atomic E-state index is 13.9. The van der Waals surface area contributed by atoms with Crippen LogP contribution in [0.3, 0.4) is 0 Å². The summed E-state index contributed by atoms with van der Waals surface area (Å²) in [6.45, 7) is 1.07. The standard InChI is InChI=1S/C12H12BrF2NO5.ClH/c1-2-21-11(20)12(14,15)9(16)6-3-5(10(18)19)4-7(13)8(6)17;/h3-4,9,17H,2,16H2,1H3,(H,18,19);1H/t9-;/m1./s1. The molecular formula is C12H13BrClF2NO5. The predicted octanol–water partition coefficient (Wildman–Crippen LogP) is 2.47. The van der Waals surface area contributed by atoms with E-state index in [1.165, 1.54) is 6.92 Å². The SMILES string of the molecule is CCOC(=O)C(F)(F)[C@H](N)c1cc(C(=O)O)cc(Br)c1O.Cl. The maximum Gasteiger partial charge on any atom is 0.379 e. The molecule has 0 aromatic heterocycles. The number of alkyl halides is 2. The normalized spacial score (nSPS) is 12.2. The summed E-state index contributed by atoms with van der Waals surface area (Å²) >= 11 is 2.84. The molecular weight excluding hydrogens is 391 g/mol. The smallest absolute Gasteiger partial charge is 0.379 e. The van der Waals surface area contributed by atoms with Gasteiger partial charge in [-0.3, -0.25) is 0 Å². The Morgan fingerprint density at radius 3 is 2.45 bits per heavy atom. The van der Waals surface area contributed by atoms with Crippen LogP contribution in [0.25, 0.3) is 0 Å².